The van der Waals surface area contributed by atoms with E-state index in [-0.39, 0.29) is 10.8 Å². The number of fused-ring (bicyclic) bond motifs is 4. The van der Waals surface area contributed by atoms with E-state index in [1.165, 1.54) is 95.9 Å². The van der Waals surface area contributed by atoms with Crippen molar-refractivity contribution in [3.8, 4) is 11.5 Å². The highest BCUT2D eigenvalue weighted by Crippen LogP contribution is 2.42. The van der Waals surface area contributed by atoms with Gasteiger partial charge in [-0.15, -0.1) is 0 Å². The molecule has 0 fully saturated rings. The van der Waals surface area contributed by atoms with Crippen molar-refractivity contribution in [3.05, 3.63) is 57.6 Å². The van der Waals surface area contributed by atoms with Gasteiger partial charge in [0, 0.05) is 11.1 Å². The molecule has 1 aliphatic carbocycles. The monoisotopic (exact) mass is 518 g/mol. The van der Waals surface area contributed by atoms with Crippen molar-refractivity contribution in [1.29, 1.82) is 0 Å². The summed E-state index contributed by atoms with van der Waals surface area (Å²) in [6.45, 7) is 18.4. The molecule has 0 heterocycles. The molecule has 0 amide bonds. The van der Waals surface area contributed by atoms with E-state index in [1.807, 2.05) is 14.2 Å². The van der Waals surface area contributed by atoms with Gasteiger partial charge < -0.3 is 9.47 Å². The van der Waals surface area contributed by atoms with E-state index in [0.717, 1.165) is 24.3 Å². The minimum absolute atomic E-state index is 0.0674. The van der Waals surface area contributed by atoms with E-state index >= 15 is 0 Å². The largest absolute Gasteiger partial charge is 0.496 e. The van der Waals surface area contributed by atoms with Crippen LogP contribution in [-0.2, 0) is 23.7 Å². The molecule has 38 heavy (non-hydrogen) atoms. The van der Waals surface area contributed by atoms with Crippen molar-refractivity contribution < 1.29 is 9.47 Å². The predicted molar refractivity (Wildman–Crippen MR) is 166 cm³/mol. The Morgan fingerprint density at radius 3 is 1.11 bits per heavy atom. The van der Waals surface area contributed by atoms with E-state index in [4.69, 9.17) is 9.47 Å². The molecular formula is C36H54O2. The highest BCUT2D eigenvalue weighted by molar-refractivity contribution is 5.93. The van der Waals surface area contributed by atoms with Crippen LogP contribution in [0.2, 0.25) is 0 Å². The Labute approximate surface area is 234 Å². The Morgan fingerprint density at radius 2 is 0.816 bits per heavy atom. The highest BCUT2D eigenvalue weighted by atomic mass is 16.5. The molecule has 0 unspecified atom stereocenters. The summed E-state index contributed by atoms with van der Waals surface area (Å²) >= 11 is 0. The van der Waals surface area contributed by atoms with Crippen molar-refractivity contribution in [2.45, 2.75) is 130 Å². The third-order valence-electron chi connectivity index (χ3n) is 8.48. The summed E-state index contributed by atoms with van der Waals surface area (Å²) in [5.74, 6) is 2.09. The van der Waals surface area contributed by atoms with Crippen LogP contribution < -0.4 is 9.47 Å². The van der Waals surface area contributed by atoms with Gasteiger partial charge in [-0.3, -0.25) is 0 Å². The van der Waals surface area contributed by atoms with Crippen molar-refractivity contribution in [3.63, 3.8) is 0 Å². The number of hydrogen-bond acceptors (Lipinski definition) is 2. The van der Waals surface area contributed by atoms with Crippen LogP contribution in [0.5, 0.6) is 11.5 Å². The zero-order valence-electron chi connectivity index (χ0n) is 26.2. The average Bonchev–Trinajstić information content (AvgIpc) is 2.86. The fourth-order valence-electron chi connectivity index (χ4n) is 5.75. The van der Waals surface area contributed by atoms with Crippen LogP contribution in [-0.4, -0.2) is 14.2 Å². The molecule has 210 valence electrons. The molecule has 0 radical (unpaired) electrons. The van der Waals surface area contributed by atoms with Gasteiger partial charge >= 0.3 is 0 Å². The van der Waals surface area contributed by atoms with E-state index in [0.29, 0.717) is 0 Å². The lowest BCUT2D eigenvalue weighted by molar-refractivity contribution is 0.405. The van der Waals surface area contributed by atoms with Crippen LogP contribution in [0.25, 0.3) is 11.1 Å². The fraction of sp³-hybridized carbons (Fsp3) is 0.611. The lowest BCUT2D eigenvalue weighted by Gasteiger charge is -2.26. The molecule has 0 aliphatic heterocycles. The van der Waals surface area contributed by atoms with Gasteiger partial charge in [-0.25, -0.2) is 0 Å². The van der Waals surface area contributed by atoms with Crippen molar-refractivity contribution in [2.24, 2.45) is 0 Å². The van der Waals surface area contributed by atoms with Crippen LogP contribution in [0.4, 0.5) is 0 Å². The van der Waals surface area contributed by atoms with Gasteiger partial charge in [-0.2, -0.15) is 0 Å². The number of ether oxygens (including phenoxy) is 2. The number of aryl methyl sites for hydroxylation is 2. The Balaban J connectivity index is 2.31. The number of methoxy groups -OCH3 is 2. The molecule has 2 aromatic carbocycles. The third-order valence-corrected chi connectivity index (χ3v) is 8.48. The maximum absolute atomic E-state index is 6.17. The van der Waals surface area contributed by atoms with E-state index in [2.05, 4.69) is 79.7 Å². The normalized spacial score (nSPS) is 18.5. The van der Waals surface area contributed by atoms with Crippen LogP contribution in [0, 0.1) is 0 Å². The van der Waals surface area contributed by atoms with Crippen LogP contribution in [0.3, 0.4) is 0 Å². The standard InChI is InChI=1S/C36H54O2/c1-25-26(2)32-24-30(36(6,7)8)22-28(34(32)38-10)20-18-16-14-12-11-13-15-17-19-27-21-29(35(3,4)5)23-31(25)33(27)37-9/h21-24H,11-20H2,1-10H3/b26-25+. The smallest absolute Gasteiger partial charge is 0.129 e. The first-order valence-corrected chi connectivity index (χ1v) is 15.0. The summed E-state index contributed by atoms with van der Waals surface area (Å²) < 4.78 is 12.3. The molecule has 3 rings (SSSR count). The van der Waals surface area contributed by atoms with E-state index in [1.54, 1.807) is 0 Å². The summed E-state index contributed by atoms with van der Waals surface area (Å²) in [5.41, 5.74) is 10.6. The van der Waals surface area contributed by atoms with Crippen molar-refractivity contribution in [1.82, 2.24) is 0 Å². The predicted octanol–water partition coefficient (Wildman–Crippen LogP) is 10.5. The Kier molecular flexibility index (Phi) is 10.2. The molecule has 2 nitrogen and oxygen atoms in total. The number of rotatable bonds is 2. The number of hydrogen-bond donors (Lipinski definition) is 0. The zero-order valence-corrected chi connectivity index (χ0v) is 26.2. The minimum atomic E-state index is 0.0674. The molecule has 0 atom stereocenters. The first kappa shape index (κ1) is 30.3. The lowest BCUT2D eigenvalue weighted by Crippen LogP contribution is -2.14. The van der Waals surface area contributed by atoms with Crippen LogP contribution >= 0.6 is 0 Å². The molecule has 2 aromatic rings. The molecule has 1 aliphatic rings. The van der Waals surface area contributed by atoms with Gasteiger partial charge in [0.15, 0.2) is 0 Å². The molecule has 0 aromatic heterocycles. The van der Waals surface area contributed by atoms with Crippen molar-refractivity contribution >= 4 is 11.1 Å². The quantitative estimate of drug-likeness (QED) is 0.393. The summed E-state index contributed by atoms with van der Waals surface area (Å²) in [6, 6.07) is 9.56. The second kappa shape index (κ2) is 12.8. The molecule has 0 saturated heterocycles. The fourth-order valence-corrected chi connectivity index (χ4v) is 5.75. The highest BCUT2D eigenvalue weighted by Gasteiger charge is 2.24. The maximum Gasteiger partial charge on any atom is 0.129 e. The van der Waals surface area contributed by atoms with Crippen LogP contribution in [0.1, 0.15) is 140 Å². The summed E-state index contributed by atoms with van der Waals surface area (Å²) in [6.07, 6.45) is 12.5. The number of benzene rings is 2. The topological polar surface area (TPSA) is 18.5 Å². The molecule has 0 N–H and O–H groups in total. The Bertz CT molecular complexity index is 1030. The molecule has 4 bridgehead atoms. The second-order valence-electron chi connectivity index (χ2n) is 13.5. The summed E-state index contributed by atoms with van der Waals surface area (Å²) in [4.78, 5) is 0. The van der Waals surface area contributed by atoms with Crippen LogP contribution in [0.15, 0.2) is 24.3 Å². The number of allylic oxidation sites excluding steroid dienone is 2. The lowest BCUT2D eigenvalue weighted by atomic mass is 9.80. The van der Waals surface area contributed by atoms with Gasteiger partial charge in [0.2, 0.25) is 0 Å². The molecule has 0 saturated carbocycles. The van der Waals surface area contributed by atoms with Gasteiger partial charge in [-0.05, 0) is 95.9 Å². The maximum atomic E-state index is 6.17. The SMILES string of the molecule is COc1c2cc(C(C)(C)C)cc1/C(C)=C(\C)c1cc(C(C)(C)C)cc(c1OC)CCCCCCCCCC2. The average molecular weight is 519 g/mol. The Hall–Kier alpha value is -2.22. The first-order valence-electron chi connectivity index (χ1n) is 15.0. The first-order chi connectivity index (χ1) is 17.9. The summed E-state index contributed by atoms with van der Waals surface area (Å²) in [5, 5.41) is 0. The van der Waals surface area contributed by atoms with E-state index in [9.17, 15) is 0 Å². The van der Waals surface area contributed by atoms with Gasteiger partial charge in [0.05, 0.1) is 14.2 Å². The Morgan fingerprint density at radius 1 is 0.500 bits per heavy atom. The zero-order chi connectivity index (χ0) is 28.1. The third kappa shape index (κ3) is 7.25. The van der Waals surface area contributed by atoms with Crippen molar-refractivity contribution in [2.75, 3.05) is 14.2 Å². The van der Waals surface area contributed by atoms with E-state index < -0.39 is 0 Å². The van der Waals surface area contributed by atoms with Gasteiger partial charge in [-0.1, -0.05) is 92.2 Å². The van der Waals surface area contributed by atoms with Gasteiger partial charge in [0.25, 0.3) is 0 Å². The second-order valence-corrected chi connectivity index (χ2v) is 13.5. The summed E-state index contributed by atoms with van der Waals surface area (Å²) in [7, 11) is 3.68. The molecule has 0 spiro atoms. The molecule has 2 heteroatoms. The minimum Gasteiger partial charge on any atom is -0.496 e. The van der Waals surface area contributed by atoms with Gasteiger partial charge in [0.1, 0.15) is 11.5 Å². The molecular weight excluding hydrogens is 464 g/mol.